The van der Waals surface area contributed by atoms with Crippen LogP contribution in [-0.2, 0) is 4.79 Å². The third-order valence-corrected chi connectivity index (χ3v) is 8.66. The Bertz CT molecular complexity index is 912. The van der Waals surface area contributed by atoms with E-state index in [1.165, 1.54) is 50.7 Å². The van der Waals surface area contributed by atoms with Crippen LogP contribution in [0.15, 0.2) is 18.2 Å². The number of hydrogen-bond acceptors (Lipinski definition) is 5. The largest absolute Gasteiger partial charge is 0.367 e. The number of carbonyl (C=O) groups excluding carboxylic acids is 1. The van der Waals surface area contributed by atoms with Gasteiger partial charge in [-0.1, -0.05) is 11.6 Å². The predicted molar refractivity (Wildman–Crippen MR) is 128 cm³/mol. The smallest absolute Gasteiger partial charge is 0.271 e. The second kappa shape index (κ2) is 8.45. The Morgan fingerprint density at radius 3 is 2.25 bits per heavy atom. The zero-order valence-corrected chi connectivity index (χ0v) is 19.7. The number of halogens is 1. The Balaban J connectivity index is 1.13. The van der Waals surface area contributed by atoms with E-state index in [9.17, 15) is 14.9 Å². The summed E-state index contributed by atoms with van der Waals surface area (Å²) < 4.78 is 0. The minimum absolute atomic E-state index is 0.0136. The van der Waals surface area contributed by atoms with Crippen LogP contribution in [0.3, 0.4) is 0 Å². The van der Waals surface area contributed by atoms with Gasteiger partial charge in [0, 0.05) is 44.7 Å². The number of amides is 1. The maximum absolute atomic E-state index is 12.9. The van der Waals surface area contributed by atoms with Crippen molar-refractivity contribution < 1.29 is 9.72 Å². The summed E-state index contributed by atoms with van der Waals surface area (Å²) in [4.78, 5) is 27.5. The van der Waals surface area contributed by atoms with E-state index in [1.54, 1.807) is 6.07 Å². The average Bonchev–Trinajstić information content (AvgIpc) is 2.72. The fourth-order valence-corrected chi connectivity index (χ4v) is 7.70. The van der Waals surface area contributed by atoms with E-state index in [1.807, 2.05) is 4.90 Å². The van der Waals surface area contributed by atoms with Crippen LogP contribution in [0, 0.1) is 33.3 Å². The lowest BCUT2D eigenvalue weighted by Crippen LogP contribution is -2.54. The Kier molecular flexibility index (Phi) is 5.78. The second-order valence-corrected chi connectivity index (χ2v) is 11.1. The van der Waals surface area contributed by atoms with Gasteiger partial charge in [0.2, 0.25) is 5.91 Å². The normalized spacial score (nSPS) is 31.0. The lowest BCUT2D eigenvalue weighted by Gasteiger charge is -2.56. The van der Waals surface area contributed by atoms with Gasteiger partial charge >= 0.3 is 0 Å². The highest BCUT2D eigenvalue weighted by Crippen LogP contribution is 2.61. The molecule has 7 nitrogen and oxygen atoms in total. The molecule has 6 rings (SSSR count). The van der Waals surface area contributed by atoms with Crippen LogP contribution in [0.1, 0.15) is 44.9 Å². The maximum atomic E-state index is 12.9. The predicted octanol–water partition coefficient (Wildman–Crippen LogP) is 4.38. The van der Waals surface area contributed by atoms with Crippen molar-refractivity contribution in [1.29, 1.82) is 0 Å². The van der Waals surface area contributed by atoms with Gasteiger partial charge in [-0.3, -0.25) is 14.9 Å². The summed E-state index contributed by atoms with van der Waals surface area (Å²) in [6.45, 7) is 2.71. The van der Waals surface area contributed by atoms with Crippen LogP contribution in [0.5, 0.6) is 0 Å². The van der Waals surface area contributed by atoms with Gasteiger partial charge in [-0.15, -0.1) is 0 Å². The topological polar surface area (TPSA) is 78.7 Å². The highest BCUT2D eigenvalue weighted by Gasteiger charge is 2.51. The molecule has 9 heteroatoms. The van der Waals surface area contributed by atoms with Crippen molar-refractivity contribution in [2.24, 2.45) is 23.2 Å². The SMILES string of the molecule is O=C(CC12CC3CC(CC(C3)C1)C2)NC(=S)N1CCN(c2ccc([N+](=O)[O-])cc2Cl)CC1. The first-order valence-electron chi connectivity index (χ1n) is 11.6. The third kappa shape index (κ3) is 4.31. The number of non-ortho nitro benzene ring substituents is 1. The van der Waals surface area contributed by atoms with Gasteiger partial charge in [0.25, 0.3) is 5.69 Å². The van der Waals surface area contributed by atoms with Gasteiger partial charge in [0.05, 0.1) is 15.6 Å². The minimum atomic E-state index is -0.446. The number of piperazine rings is 1. The van der Waals surface area contributed by atoms with E-state index in [0.717, 1.165) is 23.4 Å². The molecule has 4 aliphatic carbocycles. The van der Waals surface area contributed by atoms with Crippen LogP contribution in [0.4, 0.5) is 11.4 Å². The summed E-state index contributed by atoms with van der Waals surface area (Å²) in [6.07, 6.45) is 8.39. The van der Waals surface area contributed by atoms with Crippen molar-refractivity contribution in [3.63, 3.8) is 0 Å². The first-order chi connectivity index (χ1) is 15.3. The summed E-state index contributed by atoms with van der Waals surface area (Å²) in [6, 6.07) is 4.56. The Hall–Kier alpha value is -1.93. The molecule has 1 aromatic rings. The molecule has 172 valence electrons. The van der Waals surface area contributed by atoms with Gasteiger partial charge in [0.1, 0.15) is 0 Å². The number of carbonyl (C=O) groups is 1. The quantitative estimate of drug-likeness (QED) is 0.394. The Morgan fingerprint density at radius 1 is 1.12 bits per heavy atom. The number of rotatable bonds is 4. The molecule has 0 aromatic heterocycles. The van der Waals surface area contributed by atoms with Gasteiger partial charge in [-0.05, 0) is 80.0 Å². The average molecular weight is 477 g/mol. The number of nitro groups is 1. The third-order valence-electron chi connectivity index (χ3n) is 8.00. The highest BCUT2D eigenvalue weighted by molar-refractivity contribution is 7.80. The highest BCUT2D eigenvalue weighted by atomic mass is 35.5. The standard InChI is InChI=1S/C23H29ClN4O3S/c24-19-10-18(28(30)31)1-2-20(19)26-3-5-27(6-4-26)22(32)25-21(29)14-23-11-15-7-16(12-23)9-17(8-15)13-23/h1-2,10,15-17H,3-9,11-14H2,(H,25,29,32). The molecule has 1 amide bonds. The summed E-state index contributed by atoms with van der Waals surface area (Å²) in [7, 11) is 0. The van der Waals surface area contributed by atoms with E-state index in [4.69, 9.17) is 23.8 Å². The zero-order valence-electron chi connectivity index (χ0n) is 18.1. The molecule has 4 saturated carbocycles. The number of hydrogen-bond donors (Lipinski definition) is 1. The summed E-state index contributed by atoms with van der Waals surface area (Å²) in [5.74, 6) is 2.57. The molecule has 0 unspecified atom stereocenters. The van der Waals surface area contributed by atoms with Crippen molar-refractivity contribution in [2.75, 3.05) is 31.1 Å². The lowest BCUT2D eigenvalue weighted by molar-refractivity contribution is -0.384. The van der Waals surface area contributed by atoms with Crippen molar-refractivity contribution in [3.8, 4) is 0 Å². The molecular formula is C23H29ClN4O3S. The molecule has 1 N–H and O–H groups in total. The monoisotopic (exact) mass is 476 g/mol. The van der Waals surface area contributed by atoms with Gasteiger partial charge in [-0.25, -0.2) is 0 Å². The molecular weight excluding hydrogens is 448 g/mol. The minimum Gasteiger partial charge on any atom is -0.367 e. The second-order valence-electron chi connectivity index (χ2n) is 10.3. The maximum Gasteiger partial charge on any atom is 0.271 e. The Labute approximate surface area is 198 Å². The molecule has 1 aliphatic heterocycles. The first-order valence-corrected chi connectivity index (χ1v) is 12.4. The van der Waals surface area contributed by atoms with Gasteiger partial charge < -0.3 is 15.1 Å². The van der Waals surface area contributed by atoms with Crippen LogP contribution < -0.4 is 10.2 Å². The number of nitrogens with zero attached hydrogens (tertiary/aromatic N) is 3. The fourth-order valence-electron chi connectivity index (χ4n) is 7.11. The Morgan fingerprint density at radius 2 is 1.72 bits per heavy atom. The fraction of sp³-hybridized carbons (Fsp3) is 0.652. The summed E-state index contributed by atoms with van der Waals surface area (Å²) >= 11 is 11.8. The van der Waals surface area contributed by atoms with E-state index >= 15 is 0 Å². The van der Waals surface area contributed by atoms with Crippen LogP contribution in [0.2, 0.25) is 5.02 Å². The van der Waals surface area contributed by atoms with E-state index in [0.29, 0.717) is 42.7 Å². The van der Waals surface area contributed by atoms with Crippen LogP contribution in [-0.4, -0.2) is 47.0 Å². The van der Waals surface area contributed by atoms with Crippen LogP contribution in [0.25, 0.3) is 0 Å². The molecule has 32 heavy (non-hydrogen) atoms. The van der Waals surface area contributed by atoms with Crippen molar-refractivity contribution in [3.05, 3.63) is 33.3 Å². The molecule has 4 bridgehead atoms. The molecule has 0 radical (unpaired) electrons. The molecule has 1 saturated heterocycles. The molecule has 5 fully saturated rings. The number of anilines is 1. The number of benzene rings is 1. The van der Waals surface area contributed by atoms with Crippen LogP contribution >= 0.6 is 23.8 Å². The van der Waals surface area contributed by atoms with Gasteiger partial charge in [-0.2, -0.15) is 0 Å². The van der Waals surface area contributed by atoms with E-state index in [2.05, 4.69) is 10.2 Å². The van der Waals surface area contributed by atoms with E-state index < -0.39 is 4.92 Å². The molecule has 5 aliphatic rings. The molecule has 0 atom stereocenters. The molecule has 1 heterocycles. The number of nitrogens with one attached hydrogen (secondary N) is 1. The van der Waals surface area contributed by atoms with E-state index in [-0.39, 0.29) is 17.0 Å². The zero-order chi connectivity index (χ0) is 22.5. The van der Waals surface area contributed by atoms with Crippen molar-refractivity contribution in [2.45, 2.75) is 44.9 Å². The molecule has 1 aromatic carbocycles. The molecule has 0 spiro atoms. The van der Waals surface area contributed by atoms with Gasteiger partial charge in [0.15, 0.2) is 5.11 Å². The lowest BCUT2D eigenvalue weighted by atomic mass is 9.49. The first kappa shape index (κ1) is 21.9. The summed E-state index contributed by atoms with van der Waals surface area (Å²) in [5.41, 5.74) is 0.980. The number of nitro benzene ring substituents is 1. The van der Waals surface area contributed by atoms with Crippen molar-refractivity contribution in [1.82, 2.24) is 10.2 Å². The number of thiocarbonyl (C=S) groups is 1. The van der Waals surface area contributed by atoms with Crippen molar-refractivity contribution >= 4 is 46.2 Å². The summed E-state index contributed by atoms with van der Waals surface area (Å²) in [5, 5.41) is 14.8.